The molecule has 0 fully saturated rings. The minimum Gasteiger partial charge on any atom is -0.321 e. The third-order valence-corrected chi connectivity index (χ3v) is 3.74. The highest BCUT2D eigenvalue weighted by Crippen LogP contribution is 2.14. The van der Waals surface area contributed by atoms with Crippen LogP contribution in [0.25, 0.3) is 0 Å². The topological polar surface area (TPSA) is 46.9 Å². The van der Waals surface area contributed by atoms with Crippen molar-refractivity contribution in [3.05, 3.63) is 47.3 Å². The van der Waals surface area contributed by atoms with E-state index in [1.165, 1.54) is 5.56 Å². The number of carbonyl (C=O) groups excluding carboxylic acids is 1. The van der Waals surface area contributed by atoms with Crippen molar-refractivity contribution in [1.29, 1.82) is 0 Å². The third kappa shape index (κ3) is 3.28. The number of nitrogens with one attached hydrogen (secondary N) is 1. The van der Waals surface area contributed by atoms with Crippen LogP contribution in [0.3, 0.4) is 0 Å². The van der Waals surface area contributed by atoms with Gasteiger partial charge < -0.3 is 5.32 Å². The summed E-state index contributed by atoms with van der Waals surface area (Å²) in [4.78, 5) is 12.3. The highest BCUT2D eigenvalue weighted by Gasteiger charge is 2.14. The average molecular weight is 336 g/mol. The van der Waals surface area contributed by atoms with E-state index >= 15 is 0 Å². The molecule has 106 valence electrons. The summed E-state index contributed by atoms with van der Waals surface area (Å²) in [6.45, 7) is 4.70. The molecule has 0 bridgehead atoms. The molecule has 0 aliphatic heterocycles. The molecule has 5 heteroatoms. The summed E-state index contributed by atoms with van der Waals surface area (Å²) in [6.07, 6.45) is 0.827. The SMILES string of the molecule is CCc1cc(C(=O)Nc2ccc(CBr)cc2)n(CC)n1. The van der Waals surface area contributed by atoms with Crippen molar-refractivity contribution >= 4 is 27.5 Å². The molecular formula is C15H18BrN3O. The lowest BCUT2D eigenvalue weighted by Crippen LogP contribution is -2.17. The van der Waals surface area contributed by atoms with E-state index in [0.717, 1.165) is 23.1 Å². The zero-order valence-electron chi connectivity index (χ0n) is 11.7. The molecule has 0 atom stereocenters. The number of benzene rings is 1. The number of hydrogen-bond donors (Lipinski definition) is 1. The molecule has 1 N–H and O–H groups in total. The summed E-state index contributed by atoms with van der Waals surface area (Å²) in [5.74, 6) is -0.120. The molecule has 0 radical (unpaired) electrons. The summed E-state index contributed by atoms with van der Waals surface area (Å²) >= 11 is 3.40. The van der Waals surface area contributed by atoms with Gasteiger partial charge in [-0.2, -0.15) is 5.10 Å². The number of halogens is 1. The van der Waals surface area contributed by atoms with Gasteiger partial charge in [0.1, 0.15) is 5.69 Å². The maximum atomic E-state index is 12.3. The van der Waals surface area contributed by atoms with Crippen LogP contribution < -0.4 is 5.32 Å². The molecule has 0 saturated carbocycles. The molecule has 1 aromatic carbocycles. The van der Waals surface area contributed by atoms with Gasteiger partial charge in [-0.05, 0) is 37.1 Å². The molecule has 0 unspecified atom stereocenters. The largest absolute Gasteiger partial charge is 0.321 e. The Bertz CT molecular complexity index is 590. The lowest BCUT2D eigenvalue weighted by Gasteiger charge is -2.07. The second kappa shape index (κ2) is 6.70. The first-order valence-corrected chi connectivity index (χ1v) is 7.83. The number of anilines is 1. The summed E-state index contributed by atoms with van der Waals surface area (Å²) < 4.78 is 1.74. The van der Waals surface area contributed by atoms with Gasteiger partial charge in [0.05, 0.1) is 5.69 Å². The molecule has 1 aromatic heterocycles. The van der Waals surface area contributed by atoms with Crippen LogP contribution in [-0.4, -0.2) is 15.7 Å². The van der Waals surface area contributed by atoms with Crippen molar-refractivity contribution in [3.63, 3.8) is 0 Å². The Balaban J connectivity index is 2.16. The van der Waals surface area contributed by atoms with Crippen molar-refractivity contribution in [3.8, 4) is 0 Å². The first-order chi connectivity index (χ1) is 9.67. The molecule has 2 rings (SSSR count). The van der Waals surface area contributed by atoms with Crippen molar-refractivity contribution < 1.29 is 4.79 Å². The summed E-state index contributed by atoms with van der Waals surface area (Å²) in [5.41, 5.74) is 3.51. The van der Waals surface area contributed by atoms with Crippen LogP contribution in [0.15, 0.2) is 30.3 Å². The monoisotopic (exact) mass is 335 g/mol. The van der Waals surface area contributed by atoms with Gasteiger partial charge in [-0.25, -0.2) is 0 Å². The minimum atomic E-state index is -0.120. The van der Waals surface area contributed by atoms with Gasteiger partial charge in [-0.3, -0.25) is 9.48 Å². The number of rotatable bonds is 5. The predicted molar refractivity (Wildman–Crippen MR) is 84.3 cm³/mol. The van der Waals surface area contributed by atoms with E-state index in [1.807, 2.05) is 44.2 Å². The normalized spacial score (nSPS) is 10.6. The lowest BCUT2D eigenvalue weighted by atomic mass is 10.2. The second-order valence-electron chi connectivity index (χ2n) is 4.47. The van der Waals surface area contributed by atoms with E-state index in [-0.39, 0.29) is 5.91 Å². The van der Waals surface area contributed by atoms with Crippen LogP contribution in [0.4, 0.5) is 5.69 Å². The number of nitrogens with zero attached hydrogens (tertiary/aromatic N) is 2. The second-order valence-corrected chi connectivity index (χ2v) is 5.04. The first-order valence-electron chi connectivity index (χ1n) is 6.70. The molecule has 1 heterocycles. The van der Waals surface area contributed by atoms with E-state index in [1.54, 1.807) is 4.68 Å². The van der Waals surface area contributed by atoms with Gasteiger partial charge >= 0.3 is 0 Å². The molecule has 0 spiro atoms. The Morgan fingerprint density at radius 1 is 1.30 bits per heavy atom. The van der Waals surface area contributed by atoms with Crippen LogP contribution >= 0.6 is 15.9 Å². The zero-order chi connectivity index (χ0) is 14.5. The molecular weight excluding hydrogens is 318 g/mol. The molecule has 1 amide bonds. The van der Waals surface area contributed by atoms with E-state index in [2.05, 4.69) is 26.3 Å². The van der Waals surface area contributed by atoms with Crippen LogP contribution in [-0.2, 0) is 18.3 Å². The van der Waals surface area contributed by atoms with E-state index in [4.69, 9.17) is 0 Å². The maximum absolute atomic E-state index is 12.3. The van der Waals surface area contributed by atoms with Crippen molar-refractivity contribution in [2.24, 2.45) is 0 Å². The standard InChI is InChI=1S/C15H18BrN3O/c1-3-12-9-14(19(4-2)18-12)15(20)17-13-7-5-11(10-16)6-8-13/h5-9H,3-4,10H2,1-2H3,(H,17,20). The number of carbonyl (C=O) groups is 1. The fraction of sp³-hybridized carbons (Fsp3) is 0.333. The van der Waals surface area contributed by atoms with E-state index < -0.39 is 0 Å². The van der Waals surface area contributed by atoms with Crippen molar-refractivity contribution in [2.45, 2.75) is 32.1 Å². The van der Waals surface area contributed by atoms with Crippen LogP contribution in [0, 0.1) is 0 Å². The molecule has 0 aliphatic carbocycles. The van der Waals surface area contributed by atoms with Gasteiger partial charge in [0.15, 0.2) is 0 Å². The number of aryl methyl sites for hydroxylation is 2. The number of aromatic nitrogens is 2. The smallest absolute Gasteiger partial charge is 0.273 e. The maximum Gasteiger partial charge on any atom is 0.273 e. The van der Waals surface area contributed by atoms with Crippen LogP contribution in [0.2, 0.25) is 0 Å². The van der Waals surface area contributed by atoms with Crippen molar-refractivity contribution in [2.75, 3.05) is 5.32 Å². The highest BCUT2D eigenvalue weighted by atomic mass is 79.9. The zero-order valence-corrected chi connectivity index (χ0v) is 13.3. The Morgan fingerprint density at radius 2 is 2.00 bits per heavy atom. The first kappa shape index (κ1) is 14.8. The van der Waals surface area contributed by atoms with E-state index in [9.17, 15) is 4.79 Å². The minimum absolute atomic E-state index is 0.120. The fourth-order valence-electron chi connectivity index (χ4n) is 1.94. The fourth-order valence-corrected chi connectivity index (χ4v) is 2.31. The van der Waals surface area contributed by atoms with Gasteiger partial charge in [0.25, 0.3) is 5.91 Å². The Kier molecular flexibility index (Phi) is 4.95. The average Bonchev–Trinajstić information content (AvgIpc) is 2.91. The van der Waals surface area contributed by atoms with Gasteiger partial charge in [-0.15, -0.1) is 0 Å². The molecule has 4 nitrogen and oxygen atoms in total. The Hall–Kier alpha value is -1.62. The predicted octanol–water partition coefficient (Wildman–Crippen LogP) is 3.61. The molecule has 0 saturated heterocycles. The molecule has 20 heavy (non-hydrogen) atoms. The number of alkyl halides is 1. The van der Waals surface area contributed by atoms with Crippen molar-refractivity contribution in [1.82, 2.24) is 9.78 Å². The van der Waals surface area contributed by atoms with Crippen LogP contribution in [0.5, 0.6) is 0 Å². The lowest BCUT2D eigenvalue weighted by molar-refractivity contribution is 0.101. The summed E-state index contributed by atoms with van der Waals surface area (Å²) in [6, 6.07) is 9.63. The number of amides is 1. The van der Waals surface area contributed by atoms with Gasteiger partial charge in [0.2, 0.25) is 0 Å². The summed E-state index contributed by atoms with van der Waals surface area (Å²) in [7, 11) is 0. The van der Waals surface area contributed by atoms with E-state index in [0.29, 0.717) is 12.2 Å². The highest BCUT2D eigenvalue weighted by molar-refractivity contribution is 9.08. The summed E-state index contributed by atoms with van der Waals surface area (Å²) in [5, 5.41) is 8.10. The molecule has 2 aromatic rings. The van der Waals surface area contributed by atoms with Gasteiger partial charge in [0, 0.05) is 17.6 Å². The van der Waals surface area contributed by atoms with Gasteiger partial charge in [-0.1, -0.05) is 35.0 Å². The Morgan fingerprint density at radius 3 is 2.55 bits per heavy atom. The molecule has 0 aliphatic rings. The Labute approximate surface area is 127 Å². The number of hydrogen-bond acceptors (Lipinski definition) is 2. The quantitative estimate of drug-likeness (QED) is 0.848. The van der Waals surface area contributed by atoms with Crippen LogP contribution in [0.1, 0.15) is 35.6 Å². The third-order valence-electron chi connectivity index (χ3n) is 3.09.